The van der Waals surface area contributed by atoms with Crippen LogP contribution in [-0.2, 0) is 25.8 Å². The minimum Gasteiger partial charge on any atom is -0.497 e. The first-order valence-electron chi connectivity index (χ1n) is 9.22. The molecule has 3 rings (SSSR count). The van der Waals surface area contributed by atoms with E-state index >= 15 is 0 Å². The number of carbonyl (C=O) groups is 1. The van der Waals surface area contributed by atoms with Crippen molar-refractivity contribution in [2.75, 3.05) is 25.2 Å². The number of halogens is 1. The number of hydrogen-bond donors (Lipinski definition) is 0. The van der Waals surface area contributed by atoms with E-state index in [0.29, 0.717) is 29.3 Å². The highest BCUT2D eigenvalue weighted by Crippen LogP contribution is 2.30. The van der Waals surface area contributed by atoms with Crippen LogP contribution in [0.1, 0.15) is 29.3 Å². The summed E-state index contributed by atoms with van der Waals surface area (Å²) in [5, 5.41) is 4.68. The normalized spacial score (nSPS) is 18.2. The fourth-order valence-corrected chi connectivity index (χ4v) is 5.26. The van der Waals surface area contributed by atoms with Crippen LogP contribution >= 0.6 is 11.6 Å². The van der Waals surface area contributed by atoms with E-state index in [1.54, 1.807) is 20.1 Å². The van der Waals surface area contributed by atoms with E-state index in [4.69, 9.17) is 21.1 Å². The van der Waals surface area contributed by atoms with Crippen LogP contribution in [0.5, 0.6) is 5.75 Å². The maximum Gasteiger partial charge on any atom is 0.330 e. The van der Waals surface area contributed by atoms with Gasteiger partial charge in [-0.1, -0.05) is 23.7 Å². The summed E-state index contributed by atoms with van der Waals surface area (Å²) < 4.78 is 35.3. The third kappa shape index (κ3) is 5.39. The van der Waals surface area contributed by atoms with Gasteiger partial charge >= 0.3 is 5.97 Å². The molecule has 1 aromatic carbocycles. The molecule has 0 bridgehead atoms. The Morgan fingerprint density at radius 2 is 2.07 bits per heavy atom. The van der Waals surface area contributed by atoms with Crippen LogP contribution in [0.25, 0.3) is 6.08 Å². The molecule has 1 aromatic heterocycles. The van der Waals surface area contributed by atoms with E-state index in [1.165, 1.54) is 10.8 Å². The first-order valence-corrected chi connectivity index (χ1v) is 11.4. The van der Waals surface area contributed by atoms with E-state index < -0.39 is 15.8 Å². The summed E-state index contributed by atoms with van der Waals surface area (Å²) in [6.07, 6.45) is 3.94. The molecule has 1 aliphatic heterocycles. The molecule has 0 unspecified atom stereocenters. The van der Waals surface area contributed by atoms with Crippen molar-refractivity contribution in [3.05, 3.63) is 52.3 Å². The number of methoxy groups -OCH3 is 1. The molecule has 1 saturated heterocycles. The molecule has 0 aliphatic carbocycles. The SMILES string of the molecule is COc1ccc(CCOC(=O)/C=C/c2c(C)nn([C@@H]3CCS(=O)(=O)C3)c2Cl)cc1. The van der Waals surface area contributed by atoms with Crippen LogP contribution in [-0.4, -0.2) is 49.4 Å². The zero-order valence-electron chi connectivity index (χ0n) is 16.3. The Morgan fingerprint density at radius 3 is 2.69 bits per heavy atom. The molecular weight excluding hydrogens is 416 g/mol. The molecule has 0 spiro atoms. The molecule has 0 radical (unpaired) electrons. The minimum atomic E-state index is -3.05. The lowest BCUT2D eigenvalue weighted by Crippen LogP contribution is -2.12. The van der Waals surface area contributed by atoms with E-state index in [-0.39, 0.29) is 24.2 Å². The first kappa shape index (κ1) is 21.4. The van der Waals surface area contributed by atoms with Crippen LogP contribution < -0.4 is 4.74 Å². The molecule has 1 fully saturated rings. The molecule has 0 amide bonds. The number of nitrogens with zero attached hydrogens (tertiary/aromatic N) is 2. The number of aromatic nitrogens is 2. The predicted molar refractivity (Wildman–Crippen MR) is 111 cm³/mol. The van der Waals surface area contributed by atoms with Gasteiger partial charge in [0, 0.05) is 18.1 Å². The van der Waals surface area contributed by atoms with Crippen molar-refractivity contribution >= 4 is 33.5 Å². The average Bonchev–Trinajstić information content (AvgIpc) is 3.19. The molecule has 0 saturated carbocycles. The molecule has 0 N–H and O–H groups in total. The van der Waals surface area contributed by atoms with Gasteiger partial charge in [0.05, 0.1) is 37.0 Å². The van der Waals surface area contributed by atoms with Crippen LogP contribution in [0.3, 0.4) is 0 Å². The van der Waals surface area contributed by atoms with Gasteiger partial charge in [-0.3, -0.25) is 0 Å². The molecule has 1 atom stereocenters. The van der Waals surface area contributed by atoms with Crippen LogP contribution in [0.4, 0.5) is 0 Å². The summed E-state index contributed by atoms with van der Waals surface area (Å²) >= 11 is 6.39. The average molecular weight is 439 g/mol. The van der Waals surface area contributed by atoms with Crippen molar-refractivity contribution in [2.45, 2.75) is 25.8 Å². The number of esters is 1. The maximum atomic E-state index is 12.0. The van der Waals surface area contributed by atoms with Gasteiger partial charge in [0.25, 0.3) is 0 Å². The lowest BCUT2D eigenvalue weighted by atomic mass is 10.1. The summed E-state index contributed by atoms with van der Waals surface area (Å²) in [7, 11) is -1.44. The summed E-state index contributed by atoms with van der Waals surface area (Å²) in [5.74, 6) is 0.463. The zero-order valence-corrected chi connectivity index (χ0v) is 17.9. The molecule has 2 heterocycles. The number of aryl methyl sites for hydroxylation is 1. The Bertz CT molecular complexity index is 1010. The van der Waals surface area contributed by atoms with Gasteiger partial charge in [0.15, 0.2) is 9.84 Å². The maximum absolute atomic E-state index is 12.0. The topological polar surface area (TPSA) is 87.5 Å². The Labute approximate surface area is 175 Å². The predicted octanol–water partition coefficient (Wildman–Crippen LogP) is 3.01. The van der Waals surface area contributed by atoms with E-state index in [1.807, 2.05) is 24.3 Å². The van der Waals surface area contributed by atoms with Crippen molar-refractivity contribution in [3.8, 4) is 5.75 Å². The largest absolute Gasteiger partial charge is 0.497 e. The summed E-state index contributed by atoms with van der Waals surface area (Å²) in [5.41, 5.74) is 2.25. The molecule has 156 valence electrons. The second kappa shape index (κ2) is 9.00. The van der Waals surface area contributed by atoms with Gasteiger partial charge in [-0.2, -0.15) is 5.10 Å². The van der Waals surface area contributed by atoms with Crippen LogP contribution in [0, 0.1) is 6.92 Å². The fraction of sp³-hybridized carbons (Fsp3) is 0.400. The van der Waals surface area contributed by atoms with Gasteiger partial charge in [-0.15, -0.1) is 0 Å². The van der Waals surface area contributed by atoms with Gasteiger partial charge in [0.1, 0.15) is 10.9 Å². The minimum absolute atomic E-state index is 0.0321. The third-order valence-corrected chi connectivity index (χ3v) is 6.93. The van der Waals surface area contributed by atoms with Crippen molar-refractivity contribution < 1.29 is 22.7 Å². The second-order valence-electron chi connectivity index (χ2n) is 6.89. The van der Waals surface area contributed by atoms with Gasteiger partial charge in [0.2, 0.25) is 0 Å². The molecule has 2 aromatic rings. The Balaban J connectivity index is 1.57. The Morgan fingerprint density at radius 1 is 1.34 bits per heavy atom. The number of carbonyl (C=O) groups excluding carboxylic acids is 1. The lowest BCUT2D eigenvalue weighted by Gasteiger charge is -2.09. The number of rotatable bonds is 7. The first-order chi connectivity index (χ1) is 13.8. The van der Waals surface area contributed by atoms with Crippen molar-refractivity contribution in [2.24, 2.45) is 0 Å². The van der Waals surface area contributed by atoms with Gasteiger partial charge in [-0.25, -0.2) is 17.9 Å². The standard InChI is InChI=1S/C20H23ClN2O5S/c1-14-18(20(21)23(22-14)16-10-12-29(25,26)13-16)7-8-19(24)28-11-9-15-3-5-17(27-2)6-4-15/h3-8,16H,9-13H2,1-2H3/b8-7+/t16-/m1/s1. The second-order valence-corrected chi connectivity index (χ2v) is 9.48. The zero-order chi connectivity index (χ0) is 21.0. The van der Waals surface area contributed by atoms with Crippen molar-refractivity contribution in [3.63, 3.8) is 0 Å². The van der Waals surface area contributed by atoms with Crippen LogP contribution in [0.15, 0.2) is 30.3 Å². The molecule has 9 heteroatoms. The van der Waals surface area contributed by atoms with E-state index in [0.717, 1.165) is 11.3 Å². The van der Waals surface area contributed by atoms with Crippen LogP contribution in [0.2, 0.25) is 5.15 Å². The number of benzene rings is 1. The Kier molecular flexibility index (Phi) is 6.64. The highest BCUT2D eigenvalue weighted by Gasteiger charge is 2.31. The lowest BCUT2D eigenvalue weighted by molar-refractivity contribution is -0.137. The monoisotopic (exact) mass is 438 g/mol. The van der Waals surface area contributed by atoms with Crippen molar-refractivity contribution in [1.29, 1.82) is 0 Å². The molecule has 29 heavy (non-hydrogen) atoms. The van der Waals surface area contributed by atoms with Gasteiger partial charge in [-0.05, 0) is 37.1 Å². The number of sulfone groups is 1. The molecule has 7 nitrogen and oxygen atoms in total. The Hall–Kier alpha value is -2.32. The third-order valence-electron chi connectivity index (χ3n) is 4.81. The summed E-state index contributed by atoms with van der Waals surface area (Å²) in [6.45, 7) is 2.02. The quantitative estimate of drug-likeness (QED) is 0.487. The van der Waals surface area contributed by atoms with E-state index in [2.05, 4.69) is 5.10 Å². The number of ether oxygens (including phenoxy) is 2. The smallest absolute Gasteiger partial charge is 0.330 e. The highest BCUT2D eigenvalue weighted by molar-refractivity contribution is 7.91. The van der Waals surface area contributed by atoms with E-state index in [9.17, 15) is 13.2 Å². The molecule has 1 aliphatic rings. The summed E-state index contributed by atoms with van der Waals surface area (Å²) in [4.78, 5) is 12.0. The van der Waals surface area contributed by atoms with Gasteiger partial charge < -0.3 is 9.47 Å². The molecular formula is C20H23ClN2O5S. The van der Waals surface area contributed by atoms with Crippen molar-refractivity contribution in [1.82, 2.24) is 9.78 Å². The number of hydrogen-bond acceptors (Lipinski definition) is 6. The summed E-state index contributed by atoms with van der Waals surface area (Å²) in [6, 6.07) is 7.28. The fourth-order valence-electron chi connectivity index (χ4n) is 3.19. The highest BCUT2D eigenvalue weighted by atomic mass is 35.5.